The fraction of sp³-hybridized carbons (Fsp3) is 0.833. The molecular weight excluding hydrogens is 150 g/mol. The van der Waals surface area contributed by atoms with Gasteiger partial charge in [0, 0.05) is 12.6 Å². The summed E-state index contributed by atoms with van der Waals surface area (Å²) < 4.78 is 1.81. The van der Waals surface area contributed by atoms with E-state index in [4.69, 9.17) is 5.11 Å². The first-order valence-electron chi connectivity index (χ1n) is 3.37. The van der Waals surface area contributed by atoms with Crippen molar-refractivity contribution < 1.29 is 9.90 Å². The molecule has 1 N–H and O–H groups in total. The summed E-state index contributed by atoms with van der Waals surface area (Å²) in [6, 6.07) is 0.154. The summed E-state index contributed by atoms with van der Waals surface area (Å²) in [6.07, 6.45) is 2.26. The Morgan fingerprint density at radius 1 is 1.80 bits per heavy atom. The van der Waals surface area contributed by atoms with Crippen LogP contribution in [0, 0.1) is 0 Å². The van der Waals surface area contributed by atoms with Crippen LogP contribution >= 0.6 is 12.8 Å². The van der Waals surface area contributed by atoms with Crippen LogP contribution in [0.3, 0.4) is 0 Å². The zero-order valence-corrected chi connectivity index (χ0v) is 6.55. The highest BCUT2D eigenvalue weighted by atomic mass is 32.1. The summed E-state index contributed by atoms with van der Waals surface area (Å²) in [6.45, 7) is 0.918. The van der Waals surface area contributed by atoms with Gasteiger partial charge in [-0.3, -0.25) is 4.79 Å². The number of rotatable bonds is 2. The van der Waals surface area contributed by atoms with Crippen molar-refractivity contribution in [2.24, 2.45) is 0 Å². The molecule has 0 aliphatic carbocycles. The molecule has 10 heavy (non-hydrogen) atoms. The van der Waals surface area contributed by atoms with Crippen LogP contribution in [0.1, 0.15) is 19.3 Å². The predicted octanol–water partition coefficient (Wildman–Crippen LogP) is 0.770. The van der Waals surface area contributed by atoms with Crippen molar-refractivity contribution in [2.45, 2.75) is 25.3 Å². The normalized spacial score (nSPS) is 27.1. The maximum atomic E-state index is 10.2. The van der Waals surface area contributed by atoms with Gasteiger partial charge in [-0.2, -0.15) is 0 Å². The first-order chi connectivity index (χ1) is 4.70. The summed E-state index contributed by atoms with van der Waals surface area (Å²) in [5.41, 5.74) is 0. The molecule has 1 aliphatic rings. The minimum Gasteiger partial charge on any atom is -0.481 e. The Kier molecular flexibility index (Phi) is 2.56. The summed E-state index contributed by atoms with van der Waals surface area (Å²) >= 11 is 4.13. The van der Waals surface area contributed by atoms with Gasteiger partial charge in [0.15, 0.2) is 0 Å². The van der Waals surface area contributed by atoms with E-state index in [9.17, 15) is 4.79 Å². The third-order valence-corrected chi connectivity index (χ3v) is 2.28. The van der Waals surface area contributed by atoms with Crippen LogP contribution in [-0.4, -0.2) is 28.0 Å². The Morgan fingerprint density at radius 2 is 2.50 bits per heavy atom. The Bertz CT molecular complexity index is 140. The molecule has 0 amide bonds. The molecule has 0 saturated carbocycles. The highest BCUT2D eigenvalue weighted by Gasteiger charge is 2.23. The second-order valence-electron chi connectivity index (χ2n) is 2.56. The van der Waals surface area contributed by atoms with Crippen LogP contribution in [0.15, 0.2) is 0 Å². The van der Waals surface area contributed by atoms with Gasteiger partial charge < -0.3 is 5.11 Å². The van der Waals surface area contributed by atoms with E-state index in [0.29, 0.717) is 0 Å². The number of hydrogen-bond donors (Lipinski definition) is 2. The average molecular weight is 161 g/mol. The minimum atomic E-state index is -0.731. The van der Waals surface area contributed by atoms with Crippen LogP contribution in [0.25, 0.3) is 0 Å². The number of carboxylic acid groups (broad SMARTS) is 1. The first-order valence-corrected chi connectivity index (χ1v) is 3.77. The Balaban J connectivity index is 2.33. The maximum absolute atomic E-state index is 10.2. The summed E-state index contributed by atoms with van der Waals surface area (Å²) in [4.78, 5) is 10.2. The lowest BCUT2D eigenvalue weighted by Gasteiger charge is -2.14. The van der Waals surface area contributed by atoms with E-state index in [0.717, 1.165) is 19.4 Å². The van der Waals surface area contributed by atoms with Gasteiger partial charge in [0.1, 0.15) is 0 Å². The molecule has 1 heterocycles. The molecule has 1 fully saturated rings. The first kappa shape index (κ1) is 7.88. The molecule has 0 spiro atoms. The van der Waals surface area contributed by atoms with Gasteiger partial charge in [-0.1, -0.05) is 12.8 Å². The highest BCUT2D eigenvalue weighted by Crippen LogP contribution is 2.21. The number of nitrogens with zero attached hydrogens (tertiary/aromatic N) is 1. The molecular formula is C6H11NO2S. The second kappa shape index (κ2) is 3.25. The fourth-order valence-electron chi connectivity index (χ4n) is 1.23. The second-order valence-corrected chi connectivity index (χ2v) is 3.07. The van der Waals surface area contributed by atoms with E-state index in [2.05, 4.69) is 12.8 Å². The van der Waals surface area contributed by atoms with E-state index in [1.165, 1.54) is 0 Å². The van der Waals surface area contributed by atoms with Crippen molar-refractivity contribution in [1.82, 2.24) is 4.31 Å². The minimum absolute atomic E-state index is 0.154. The molecule has 3 nitrogen and oxygen atoms in total. The molecule has 0 radical (unpaired) electrons. The lowest BCUT2D eigenvalue weighted by molar-refractivity contribution is -0.137. The van der Waals surface area contributed by atoms with Crippen LogP contribution in [0.4, 0.5) is 0 Å². The van der Waals surface area contributed by atoms with Gasteiger partial charge in [-0.05, 0) is 12.8 Å². The Morgan fingerprint density at radius 3 is 2.90 bits per heavy atom. The van der Waals surface area contributed by atoms with Gasteiger partial charge in [0.05, 0.1) is 6.42 Å². The van der Waals surface area contributed by atoms with Crippen LogP contribution in [0.2, 0.25) is 0 Å². The summed E-state index contributed by atoms with van der Waals surface area (Å²) in [5.74, 6) is -0.731. The van der Waals surface area contributed by atoms with Crippen molar-refractivity contribution in [1.29, 1.82) is 0 Å². The van der Waals surface area contributed by atoms with E-state index in [1.54, 1.807) is 0 Å². The number of thiol groups is 1. The van der Waals surface area contributed by atoms with Crippen molar-refractivity contribution in [3.05, 3.63) is 0 Å². The van der Waals surface area contributed by atoms with Crippen molar-refractivity contribution >= 4 is 18.8 Å². The maximum Gasteiger partial charge on any atom is 0.304 e. The van der Waals surface area contributed by atoms with Gasteiger partial charge in [0.25, 0.3) is 0 Å². The quantitative estimate of drug-likeness (QED) is 0.588. The number of aliphatic carboxylic acids is 1. The highest BCUT2D eigenvalue weighted by molar-refractivity contribution is 7.77. The molecule has 1 atom stereocenters. The molecule has 0 aromatic heterocycles. The van der Waals surface area contributed by atoms with Crippen molar-refractivity contribution in [2.75, 3.05) is 6.54 Å². The lowest BCUT2D eigenvalue weighted by Crippen LogP contribution is -2.22. The van der Waals surface area contributed by atoms with Gasteiger partial charge >= 0.3 is 5.97 Å². The van der Waals surface area contributed by atoms with Gasteiger partial charge in [0.2, 0.25) is 0 Å². The van der Waals surface area contributed by atoms with Gasteiger partial charge in [-0.25, -0.2) is 4.31 Å². The van der Waals surface area contributed by atoms with Gasteiger partial charge in [-0.15, -0.1) is 0 Å². The average Bonchev–Trinajstić information content (AvgIpc) is 2.15. The fourth-order valence-corrected chi connectivity index (χ4v) is 1.57. The molecule has 0 aromatic rings. The monoisotopic (exact) mass is 161 g/mol. The lowest BCUT2D eigenvalue weighted by atomic mass is 10.2. The molecule has 1 aliphatic heterocycles. The smallest absolute Gasteiger partial charge is 0.304 e. The van der Waals surface area contributed by atoms with E-state index in [1.807, 2.05) is 4.31 Å². The predicted molar refractivity (Wildman–Crippen MR) is 41.0 cm³/mol. The molecule has 0 bridgehead atoms. The summed E-state index contributed by atoms with van der Waals surface area (Å²) in [5, 5.41) is 8.43. The molecule has 4 heteroatoms. The molecule has 1 saturated heterocycles. The number of hydrogen-bond acceptors (Lipinski definition) is 3. The zero-order chi connectivity index (χ0) is 7.56. The van der Waals surface area contributed by atoms with Crippen LogP contribution in [-0.2, 0) is 4.79 Å². The summed E-state index contributed by atoms with van der Waals surface area (Å²) in [7, 11) is 0. The largest absolute Gasteiger partial charge is 0.481 e. The zero-order valence-electron chi connectivity index (χ0n) is 5.66. The third-order valence-electron chi connectivity index (χ3n) is 1.76. The Hall–Kier alpha value is -0.220. The van der Waals surface area contributed by atoms with E-state index in [-0.39, 0.29) is 12.5 Å². The van der Waals surface area contributed by atoms with Crippen LogP contribution < -0.4 is 0 Å². The van der Waals surface area contributed by atoms with Crippen molar-refractivity contribution in [3.8, 4) is 0 Å². The number of carboxylic acids is 1. The third kappa shape index (κ3) is 1.88. The molecule has 1 unspecified atom stereocenters. The molecule has 58 valence electrons. The van der Waals surface area contributed by atoms with E-state index < -0.39 is 5.97 Å². The Labute approximate surface area is 65.6 Å². The number of carbonyl (C=O) groups is 1. The van der Waals surface area contributed by atoms with E-state index >= 15 is 0 Å². The molecule has 0 aromatic carbocycles. The van der Waals surface area contributed by atoms with Crippen molar-refractivity contribution in [3.63, 3.8) is 0 Å². The van der Waals surface area contributed by atoms with Crippen LogP contribution in [0.5, 0.6) is 0 Å². The standard InChI is InChI=1S/C6H11NO2S/c8-6(9)4-5-2-1-3-7(5)10/h5,10H,1-4H2,(H,8,9). The molecule has 1 rings (SSSR count). The SMILES string of the molecule is O=C(O)CC1CCCN1S. The topological polar surface area (TPSA) is 40.5 Å².